The monoisotopic (exact) mass is 472 g/mol. The van der Waals surface area contributed by atoms with Crippen molar-refractivity contribution in [2.24, 2.45) is 23.7 Å². The van der Waals surface area contributed by atoms with Crippen molar-refractivity contribution in [2.45, 2.75) is 11.3 Å². The molecule has 2 aliphatic carbocycles. The first kappa shape index (κ1) is 18.6. The molecule has 4 atom stereocenters. The Hall–Kier alpha value is -2.45. The highest BCUT2D eigenvalue weighted by Crippen LogP contribution is 2.53. The van der Waals surface area contributed by atoms with E-state index < -0.39 is 10.0 Å². The molecule has 2 aromatic rings. The number of nitrogens with zero attached hydrogens (tertiary/aromatic N) is 1. The number of amides is 2. The van der Waals surface area contributed by atoms with E-state index >= 15 is 0 Å². The minimum absolute atomic E-state index is 0.0537. The first-order chi connectivity index (χ1) is 13.9. The van der Waals surface area contributed by atoms with Crippen molar-refractivity contribution >= 4 is 49.1 Å². The largest absolute Gasteiger partial charge is 0.278 e. The lowest BCUT2D eigenvalue weighted by Gasteiger charge is -2.18. The summed E-state index contributed by atoms with van der Waals surface area (Å²) in [4.78, 5) is 27.0. The van der Waals surface area contributed by atoms with Crippen LogP contribution in [-0.4, -0.2) is 20.2 Å². The highest BCUT2D eigenvalue weighted by atomic mass is 79.9. The lowest BCUT2D eigenvalue weighted by Crippen LogP contribution is -2.32. The van der Waals surface area contributed by atoms with Gasteiger partial charge >= 0.3 is 0 Å². The maximum atomic E-state index is 12.9. The molecule has 5 rings (SSSR count). The van der Waals surface area contributed by atoms with E-state index in [0.29, 0.717) is 15.8 Å². The quantitative estimate of drug-likeness (QED) is 0.544. The molecule has 148 valence electrons. The minimum atomic E-state index is -3.80. The second-order valence-electron chi connectivity index (χ2n) is 7.59. The van der Waals surface area contributed by atoms with Gasteiger partial charge in [0.2, 0.25) is 11.8 Å². The lowest BCUT2D eigenvalue weighted by atomic mass is 9.85. The van der Waals surface area contributed by atoms with Crippen molar-refractivity contribution in [1.29, 1.82) is 0 Å². The number of nitrogens with one attached hydrogen (secondary N) is 1. The highest BCUT2D eigenvalue weighted by molar-refractivity contribution is 9.10. The van der Waals surface area contributed by atoms with Gasteiger partial charge in [-0.05, 0) is 70.6 Å². The Morgan fingerprint density at radius 3 is 2.07 bits per heavy atom. The fourth-order valence-electron chi connectivity index (χ4n) is 4.68. The zero-order chi connectivity index (χ0) is 20.3. The number of sulfonamides is 1. The topological polar surface area (TPSA) is 83.6 Å². The maximum absolute atomic E-state index is 12.9. The van der Waals surface area contributed by atoms with Crippen LogP contribution in [0.25, 0.3) is 0 Å². The zero-order valence-electron chi connectivity index (χ0n) is 15.2. The number of fused-ring (bicyclic) bond motifs is 5. The first-order valence-corrected chi connectivity index (χ1v) is 11.6. The minimum Gasteiger partial charge on any atom is -0.278 e. The number of hydrogen-bond acceptors (Lipinski definition) is 4. The molecule has 4 unspecified atom stereocenters. The van der Waals surface area contributed by atoms with Gasteiger partial charge in [-0.3, -0.25) is 19.2 Å². The summed E-state index contributed by atoms with van der Waals surface area (Å²) in [6.07, 6.45) is 4.96. The lowest BCUT2D eigenvalue weighted by molar-refractivity contribution is -0.123. The van der Waals surface area contributed by atoms with Crippen LogP contribution < -0.4 is 9.62 Å². The standard InChI is InChI=1S/C21H17BrN2O4S/c22-16-3-1-2-4-17(16)23-29(27,28)15-9-7-14(8-10-15)24-20(25)18-12-5-6-13(11-12)19(18)21(24)26/h1-10,12-13,18-19,23H,11H2. The molecule has 0 aromatic heterocycles. The van der Waals surface area contributed by atoms with Crippen molar-refractivity contribution < 1.29 is 18.0 Å². The van der Waals surface area contributed by atoms with Gasteiger partial charge in [-0.15, -0.1) is 0 Å². The molecule has 0 radical (unpaired) electrons. The molecule has 1 saturated heterocycles. The number of imide groups is 1. The van der Waals surface area contributed by atoms with Gasteiger partial charge in [0.25, 0.3) is 10.0 Å². The Kier molecular flexibility index (Phi) is 4.18. The predicted molar refractivity (Wildman–Crippen MR) is 112 cm³/mol. The summed E-state index contributed by atoms with van der Waals surface area (Å²) in [5.41, 5.74) is 0.839. The van der Waals surface area contributed by atoms with E-state index in [-0.39, 0.29) is 40.4 Å². The Balaban J connectivity index is 1.40. The van der Waals surface area contributed by atoms with Gasteiger partial charge in [-0.2, -0.15) is 0 Å². The molecule has 8 heteroatoms. The molecule has 2 aromatic carbocycles. The van der Waals surface area contributed by atoms with Crippen LogP contribution in [0, 0.1) is 23.7 Å². The van der Waals surface area contributed by atoms with Crippen molar-refractivity contribution in [1.82, 2.24) is 0 Å². The summed E-state index contributed by atoms with van der Waals surface area (Å²) in [5, 5.41) is 0. The van der Waals surface area contributed by atoms with Crippen LogP contribution in [0.3, 0.4) is 0 Å². The fourth-order valence-corrected chi connectivity index (χ4v) is 6.27. The van der Waals surface area contributed by atoms with Crippen molar-refractivity contribution in [3.63, 3.8) is 0 Å². The maximum Gasteiger partial charge on any atom is 0.261 e. The molecule has 2 fully saturated rings. The van der Waals surface area contributed by atoms with E-state index in [1.807, 2.05) is 12.2 Å². The average molecular weight is 473 g/mol. The van der Waals surface area contributed by atoms with Crippen LogP contribution in [0.15, 0.2) is 70.1 Å². The third-order valence-electron chi connectivity index (χ3n) is 5.99. The summed E-state index contributed by atoms with van der Waals surface area (Å²) in [5.74, 6) is -0.646. The Labute approximate surface area is 176 Å². The average Bonchev–Trinajstić information content (AvgIpc) is 3.38. The predicted octanol–water partition coefficient (Wildman–Crippen LogP) is 3.56. The van der Waals surface area contributed by atoms with Crippen LogP contribution in [0.1, 0.15) is 6.42 Å². The molecule has 3 aliphatic rings. The number of carbonyl (C=O) groups is 2. The van der Waals surface area contributed by atoms with Crippen LogP contribution in [0.2, 0.25) is 0 Å². The van der Waals surface area contributed by atoms with Gasteiger partial charge in [0, 0.05) is 4.47 Å². The number of benzene rings is 2. The molecule has 1 N–H and O–H groups in total. The molecule has 6 nitrogen and oxygen atoms in total. The van der Waals surface area contributed by atoms with E-state index in [1.54, 1.807) is 24.3 Å². The van der Waals surface area contributed by atoms with Gasteiger partial charge < -0.3 is 0 Å². The third kappa shape index (κ3) is 2.85. The van der Waals surface area contributed by atoms with Crippen LogP contribution in [-0.2, 0) is 19.6 Å². The molecular weight excluding hydrogens is 456 g/mol. The van der Waals surface area contributed by atoms with Gasteiger partial charge in [-0.1, -0.05) is 24.3 Å². The zero-order valence-corrected chi connectivity index (χ0v) is 17.6. The van der Waals surface area contributed by atoms with E-state index in [2.05, 4.69) is 20.7 Å². The Bertz CT molecular complexity index is 1130. The summed E-state index contributed by atoms with van der Waals surface area (Å²) >= 11 is 3.32. The number of hydrogen-bond donors (Lipinski definition) is 1. The van der Waals surface area contributed by atoms with Crippen LogP contribution in [0.5, 0.6) is 0 Å². The summed E-state index contributed by atoms with van der Waals surface area (Å²) in [6.45, 7) is 0. The molecule has 2 amide bonds. The molecule has 1 saturated carbocycles. The SMILES string of the molecule is O=C1C2C3C=CC(C3)C2C(=O)N1c1ccc(S(=O)(=O)Nc2ccccc2Br)cc1. The van der Waals surface area contributed by atoms with Gasteiger partial charge in [0.15, 0.2) is 0 Å². The number of anilines is 2. The Morgan fingerprint density at radius 1 is 0.897 bits per heavy atom. The first-order valence-electron chi connectivity index (χ1n) is 9.30. The molecular formula is C21H17BrN2O4S. The molecule has 1 heterocycles. The van der Waals surface area contributed by atoms with Crippen LogP contribution >= 0.6 is 15.9 Å². The summed E-state index contributed by atoms with van der Waals surface area (Å²) in [6, 6.07) is 12.8. The molecule has 2 bridgehead atoms. The highest BCUT2D eigenvalue weighted by Gasteiger charge is 2.59. The number of rotatable bonds is 4. The van der Waals surface area contributed by atoms with Gasteiger partial charge in [0.1, 0.15) is 0 Å². The Morgan fingerprint density at radius 2 is 1.48 bits per heavy atom. The molecule has 0 spiro atoms. The summed E-state index contributed by atoms with van der Waals surface area (Å²) in [7, 11) is -3.80. The molecule has 29 heavy (non-hydrogen) atoms. The number of para-hydroxylation sites is 1. The van der Waals surface area contributed by atoms with Crippen molar-refractivity contribution in [3.8, 4) is 0 Å². The van der Waals surface area contributed by atoms with E-state index in [0.717, 1.165) is 6.42 Å². The van der Waals surface area contributed by atoms with Crippen molar-refractivity contribution in [2.75, 3.05) is 9.62 Å². The number of allylic oxidation sites excluding steroid dienone is 2. The van der Waals surface area contributed by atoms with E-state index in [9.17, 15) is 18.0 Å². The third-order valence-corrected chi connectivity index (χ3v) is 8.07. The second-order valence-corrected chi connectivity index (χ2v) is 10.1. The van der Waals surface area contributed by atoms with Gasteiger partial charge in [0.05, 0.1) is 28.1 Å². The molecule has 1 aliphatic heterocycles. The van der Waals surface area contributed by atoms with E-state index in [1.165, 1.54) is 29.2 Å². The van der Waals surface area contributed by atoms with E-state index in [4.69, 9.17) is 0 Å². The summed E-state index contributed by atoms with van der Waals surface area (Å²) < 4.78 is 28.5. The van der Waals surface area contributed by atoms with Crippen molar-refractivity contribution in [3.05, 3.63) is 65.2 Å². The normalized spacial score (nSPS) is 27.6. The number of halogens is 1. The van der Waals surface area contributed by atoms with Gasteiger partial charge in [-0.25, -0.2) is 8.42 Å². The second kappa shape index (κ2) is 6.53. The number of carbonyl (C=O) groups excluding carboxylic acids is 2. The smallest absolute Gasteiger partial charge is 0.261 e. The van der Waals surface area contributed by atoms with Crippen LogP contribution in [0.4, 0.5) is 11.4 Å². The fraction of sp³-hybridized carbons (Fsp3) is 0.238.